The van der Waals surface area contributed by atoms with E-state index >= 15 is 0 Å². The summed E-state index contributed by atoms with van der Waals surface area (Å²) in [6.07, 6.45) is 4.44. The summed E-state index contributed by atoms with van der Waals surface area (Å²) in [5, 5.41) is 4.45. The number of anilines is 1. The highest BCUT2D eigenvalue weighted by Crippen LogP contribution is 2.49. The third-order valence-corrected chi connectivity index (χ3v) is 6.22. The molecule has 1 aliphatic heterocycles. The zero-order chi connectivity index (χ0) is 19.7. The van der Waals surface area contributed by atoms with Gasteiger partial charge < -0.3 is 10.1 Å². The highest BCUT2D eigenvalue weighted by molar-refractivity contribution is 8.04. The van der Waals surface area contributed by atoms with E-state index < -0.39 is 0 Å². The molecule has 1 unspecified atom stereocenters. The first-order valence-corrected chi connectivity index (χ1v) is 10.4. The molecule has 2 aromatic rings. The first-order chi connectivity index (χ1) is 13.4. The summed E-state index contributed by atoms with van der Waals surface area (Å²) < 4.78 is 5.42. The van der Waals surface area contributed by atoms with Crippen LogP contribution >= 0.6 is 11.8 Å². The Labute approximate surface area is 170 Å². The number of hydrogen-bond donors (Lipinski definition) is 1. The van der Waals surface area contributed by atoms with Crippen molar-refractivity contribution in [2.45, 2.75) is 51.1 Å². The molecule has 0 saturated carbocycles. The fourth-order valence-corrected chi connectivity index (χ4v) is 4.89. The van der Waals surface area contributed by atoms with Gasteiger partial charge in [0.25, 0.3) is 0 Å². The zero-order valence-electron chi connectivity index (χ0n) is 16.8. The number of aliphatic imine (C=N–C) groups is 1. The van der Waals surface area contributed by atoms with Crippen LogP contribution in [0.1, 0.15) is 39.2 Å². The van der Waals surface area contributed by atoms with Gasteiger partial charge in [0.05, 0.1) is 23.8 Å². The van der Waals surface area contributed by atoms with E-state index in [1.54, 1.807) is 25.2 Å². The number of allylic oxidation sites excluding steroid dienone is 2. The van der Waals surface area contributed by atoms with E-state index in [4.69, 9.17) is 9.73 Å². The van der Waals surface area contributed by atoms with Crippen LogP contribution in [0.25, 0.3) is 0 Å². The van der Waals surface area contributed by atoms with Gasteiger partial charge in [-0.25, -0.2) is 4.98 Å². The van der Waals surface area contributed by atoms with E-state index in [1.165, 1.54) is 21.9 Å². The molecule has 1 atom stereocenters. The monoisotopic (exact) mass is 394 g/mol. The van der Waals surface area contributed by atoms with Crippen molar-refractivity contribution in [3.8, 4) is 5.88 Å². The number of hydrogen-bond acceptors (Lipinski definition) is 6. The Balaban J connectivity index is 1.66. The molecule has 0 saturated heterocycles. The minimum absolute atomic E-state index is 0.151. The lowest BCUT2D eigenvalue weighted by Gasteiger charge is -2.37. The summed E-state index contributed by atoms with van der Waals surface area (Å²) in [6, 6.07) is 10.8. The van der Waals surface area contributed by atoms with E-state index in [0.29, 0.717) is 5.88 Å². The maximum absolute atomic E-state index is 5.42. The van der Waals surface area contributed by atoms with Crippen molar-refractivity contribution >= 4 is 23.2 Å². The molecule has 0 bridgehead atoms. The van der Waals surface area contributed by atoms with Gasteiger partial charge in [-0.1, -0.05) is 55.9 Å². The van der Waals surface area contributed by atoms with Crippen LogP contribution in [0.3, 0.4) is 0 Å². The van der Waals surface area contributed by atoms with Crippen LogP contribution in [0.15, 0.2) is 57.3 Å². The fourth-order valence-electron chi connectivity index (χ4n) is 3.86. The molecule has 1 N–H and O–H groups in total. The maximum atomic E-state index is 5.42. The van der Waals surface area contributed by atoms with Gasteiger partial charge in [-0.3, -0.25) is 4.99 Å². The fraction of sp³-hybridized carbons (Fsp3) is 0.409. The summed E-state index contributed by atoms with van der Waals surface area (Å²) in [5.74, 6) is 0.586. The van der Waals surface area contributed by atoms with Crippen molar-refractivity contribution in [3.05, 3.63) is 52.8 Å². The Morgan fingerprint density at radius 3 is 2.75 bits per heavy atom. The minimum atomic E-state index is 0.151. The van der Waals surface area contributed by atoms with E-state index in [2.05, 4.69) is 66.4 Å². The summed E-state index contributed by atoms with van der Waals surface area (Å²) in [5.41, 5.74) is 4.71. The van der Waals surface area contributed by atoms with Crippen molar-refractivity contribution < 1.29 is 4.74 Å². The van der Waals surface area contributed by atoms with E-state index in [-0.39, 0.29) is 11.5 Å². The molecule has 0 radical (unpaired) electrons. The lowest BCUT2D eigenvalue weighted by molar-refractivity contribution is 0.371. The number of rotatable bonds is 4. The molecule has 0 fully saturated rings. The summed E-state index contributed by atoms with van der Waals surface area (Å²) in [6.45, 7) is 6.80. The van der Waals surface area contributed by atoms with Gasteiger partial charge in [0.15, 0.2) is 0 Å². The second kappa shape index (κ2) is 7.59. The highest BCUT2D eigenvalue weighted by Gasteiger charge is 2.36. The second-order valence-electron chi connectivity index (χ2n) is 8.23. The molecule has 2 heterocycles. The van der Waals surface area contributed by atoms with Crippen molar-refractivity contribution in [2.75, 3.05) is 12.4 Å². The standard InChI is InChI=1S/C22H26N4OS/c1-14(10-15-8-6-5-7-9-15)25-16-11-22(2,3)12-17-19(16)28-21-18(26-17)20(27-4)23-13-24-21/h5-9,13-14,26H,10-12H2,1-4H3. The molecule has 0 spiro atoms. The Morgan fingerprint density at radius 2 is 2.00 bits per heavy atom. The minimum Gasteiger partial charge on any atom is -0.479 e. The summed E-state index contributed by atoms with van der Waals surface area (Å²) in [7, 11) is 1.64. The molecule has 1 aromatic carbocycles. The van der Waals surface area contributed by atoms with Gasteiger partial charge in [0.2, 0.25) is 5.88 Å². The first-order valence-electron chi connectivity index (χ1n) is 9.63. The van der Waals surface area contributed by atoms with Crippen LogP contribution in [0.4, 0.5) is 5.69 Å². The zero-order valence-corrected chi connectivity index (χ0v) is 17.6. The summed E-state index contributed by atoms with van der Waals surface area (Å²) in [4.78, 5) is 15.1. The number of benzene rings is 1. The quantitative estimate of drug-likeness (QED) is 0.731. The Kier molecular flexibility index (Phi) is 5.15. The number of nitrogens with one attached hydrogen (secondary N) is 1. The highest BCUT2D eigenvalue weighted by atomic mass is 32.2. The van der Waals surface area contributed by atoms with Gasteiger partial charge in [-0.2, -0.15) is 4.98 Å². The molecule has 1 aliphatic carbocycles. The number of aromatic nitrogens is 2. The number of nitrogens with zero attached hydrogens (tertiary/aromatic N) is 3. The predicted molar refractivity (Wildman–Crippen MR) is 115 cm³/mol. The molecule has 4 rings (SSSR count). The smallest absolute Gasteiger partial charge is 0.241 e. The van der Waals surface area contributed by atoms with Crippen LogP contribution in [0, 0.1) is 5.41 Å². The van der Waals surface area contributed by atoms with Gasteiger partial charge in [-0.05, 0) is 37.2 Å². The lowest BCUT2D eigenvalue weighted by atomic mass is 9.78. The average molecular weight is 395 g/mol. The van der Waals surface area contributed by atoms with E-state index in [0.717, 1.165) is 30.0 Å². The van der Waals surface area contributed by atoms with Crippen molar-refractivity contribution in [3.63, 3.8) is 0 Å². The molecule has 6 heteroatoms. The van der Waals surface area contributed by atoms with Crippen LogP contribution in [-0.2, 0) is 6.42 Å². The molecular weight excluding hydrogens is 368 g/mol. The molecule has 146 valence electrons. The van der Waals surface area contributed by atoms with Crippen LogP contribution in [-0.4, -0.2) is 28.8 Å². The third-order valence-electron chi connectivity index (χ3n) is 5.03. The normalized spacial score (nSPS) is 20.2. The first kappa shape index (κ1) is 19.0. The molecular formula is C22H26N4OS. The van der Waals surface area contributed by atoms with Crippen molar-refractivity contribution in [1.82, 2.24) is 9.97 Å². The van der Waals surface area contributed by atoms with E-state index in [1.807, 2.05) is 0 Å². The molecule has 28 heavy (non-hydrogen) atoms. The van der Waals surface area contributed by atoms with Crippen LogP contribution in [0.2, 0.25) is 0 Å². The molecule has 2 aliphatic rings. The van der Waals surface area contributed by atoms with Gasteiger partial charge in [0, 0.05) is 5.70 Å². The topological polar surface area (TPSA) is 59.4 Å². The largest absolute Gasteiger partial charge is 0.479 e. The van der Waals surface area contributed by atoms with Crippen LogP contribution in [0.5, 0.6) is 5.88 Å². The second-order valence-corrected chi connectivity index (χ2v) is 9.23. The Morgan fingerprint density at radius 1 is 1.21 bits per heavy atom. The van der Waals surface area contributed by atoms with E-state index in [9.17, 15) is 0 Å². The number of fused-ring (bicyclic) bond motifs is 1. The van der Waals surface area contributed by atoms with Gasteiger partial charge in [-0.15, -0.1) is 0 Å². The number of methoxy groups -OCH3 is 1. The molecule has 0 amide bonds. The van der Waals surface area contributed by atoms with Crippen molar-refractivity contribution in [1.29, 1.82) is 0 Å². The summed E-state index contributed by atoms with van der Waals surface area (Å²) >= 11 is 1.68. The van der Waals surface area contributed by atoms with Crippen molar-refractivity contribution in [2.24, 2.45) is 10.4 Å². The molecule has 5 nitrogen and oxygen atoms in total. The maximum Gasteiger partial charge on any atom is 0.241 e. The predicted octanol–water partition coefficient (Wildman–Crippen LogP) is 5.11. The van der Waals surface area contributed by atoms with Gasteiger partial charge >= 0.3 is 0 Å². The third kappa shape index (κ3) is 3.92. The van der Waals surface area contributed by atoms with Crippen LogP contribution < -0.4 is 10.1 Å². The lowest BCUT2D eigenvalue weighted by Crippen LogP contribution is -2.30. The SMILES string of the molecule is COc1ncnc2c1NC1=C(S2)C(=NC(C)Cc2ccccc2)CC(C)(C)C1. The number of thioether (sulfide) groups is 1. The number of ether oxygens (including phenoxy) is 1. The van der Waals surface area contributed by atoms with Gasteiger partial charge in [0.1, 0.15) is 17.0 Å². The average Bonchev–Trinajstić information content (AvgIpc) is 2.66. The molecule has 1 aromatic heterocycles. The Bertz CT molecular complexity index is 937. The Hall–Kier alpha value is -2.34.